The Morgan fingerprint density at radius 2 is 1.81 bits per heavy atom. The first kappa shape index (κ1) is 14.7. The van der Waals surface area contributed by atoms with E-state index in [9.17, 15) is 13.6 Å². The summed E-state index contributed by atoms with van der Waals surface area (Å²) in [6, 6.07) is 8.94. The van der Waals surface area contributed by atoms with Crippen LogP contribution in [0, 0.1) is 0 Å². The van der Waals surface area contributed by atoms with Gasteiger partial charge in [-0.05, 0) is 36.4 Å². The zero-order chi connectivity index (χ0) is 15.2. The Morgan fingerprint density at radius 3 is 2.33 bits per heavy atom. The van der Waals surface area contributed by atoms with Crippen molar-refractivity contribution in [3.63, 3.8) is 0 Å². The van der Waals surface area contributed by atoms with Crippen molar-refractivity contribution in [2.75, 3.05) is 17.7 Å². The summed E-state index contributed by atoms with van der Waals surface area (Å²) in [6.07, 6.45) is 1.54. The lowest BCUT2D eigenvalue weighted by atomic mass is 10.2. The number of carbonyl (C=O) groups excluding carboxylic acids is 1. The SMILES string of the molecule is CNc1ccc(C(=O)Nc2ccc(OC(F)F)cc2)nc1. The number of ether oxygens (including phenoxy) is 1. The molecular formula is C14H13F2N3O2. The van der Waals surface area contributed by atoms with Crippen LogP contribution in [0.2, 0.25) is 0 Å². The average molecular weight is 293 g/mol. The number of halogens is 2. The highest BCUT2D eigenvalue weighted by molar-refractivity contribution is 6.02. The van der Waals surface area contributed by atoms with E-state index in [1.54, 1.807) is 19.2 Å². The van der Waals surface area contributed by atoms with Gasteiger partial charge in [0.15, 0.2) is 0 Å². The van der Waals surface area contributed by atoms with Crippen molar-refractivity contribution in [1.29, 1.82) is 0 Å². The first-order chi connectivity index (χ1) is 10.1. The van der Waals surface area contributed by atoms with Crippen molar-refractivity contribution in [3.8, 4) is 5.75 Å². The van der Waals surface area contributed by atoms with Gasteiger partial charge in [-0.15, -0.1) is 0 Å². The van der Waals surface area contributed by atoms with Gasteiger partial charge in [0, 0.05) is 12.7 Å². The Kier molecular flexibility index (Phi) is 4.65. The predicted octanol–water partition coefficient (Wildman–Crippen LogP) is 2.98. The minimum atomic E-state index is -2.87. The van der Waals surface area contributed by atoms with E-state index >= 15 is 0 Å². The molecule has 0 aliphatic carbocycles. The maximum Gasteiger partial charge on any atom is 0.387 e. The summed E-state index contributed by atoms with van der Waals surface area (Å²) in [7, 11) is 1.75. The van der Waals surface area contributed by atoms with E-state index in [1.165, 1.54) is 30.5 Å². The molecule has 0 atom stereocenters. The molecule has 0 saturated carbocycles. The number of pyridine rings is 1. The highest BCUT2D eigenvalue weighted by Gasteiger charge is 2.08. The van der Waals surface area contributed by atoms with Crippen LogP contribution in [0.15, 0.2) is 42.6 Å². The summed E-state index contributed by atoms with van der Waals surface area (Å²) in [4.78, 5) is 15.9. The highest BCUT2D eigenvalue weighted by atomic mass is 19.3. The Labute approximate surface area is 120 Å². The molecule has 0 radical (unpaired) electrons. The van der Waals surface area contributed by atoms with Gasteiger partial charge in [0.05, 0.1) is 11.9 Å². The molecule has 2 N–H and O–H groups in total. The Hall–Kier alpha value is -2.70. The van der Waals surface area contributed by atoms with Crippen LogP contribution in [0.25, 0.3) is 0 Å². The number of hydrogen-bond acceptors (Lipinski definition) is 4. The minimum absolute atomic E-state index is 0.0273. The first-order valence-corrected chi connectivity index (χ1v) is 6.08. The third kappa shape index (κ3) is 4.13. The topological polar surface area (TPSA) is 63.2 Å². The van der Waals surface area contributed by atoms with Crippen LogP contribution in [0.1, 0.15) is 10.5 Å². The van der Waals surface area contributed by atoms with Gasteiger partial charge in [-0.3, -0.25) is 4.79 Å². The van der Waals surface area contributed by atoms with E-state index in [4.69, 9.17) is 0 Å². The van der Waals surface area contributed by atoms with Crippen molar-refractivity contribution < 1.29 is 18.3 Å². The average Bonchev–Trinajstić information content (AvgIpc) is 2.49. The lowest BCUT2D eigenvalue weighted by Crippen LogP contribution is -2.13. The summed E-state index contributed by atoms with van der Waals surface area (Å²) >= 11 is 0. The normalized spacial score (nSPS) is 10.3. The third-order valence-corrected chi connectivity index (χ3v) is 2.62. The summed E-state index contributed by atoms with van der Waals surface area (Å²) < 4.78 is 28.2. The summed E-state index contributed by atoms with van der Waals surface area (Å²) in [5, 5.41) is 5.51. The third-order valence-electron chi connectivity index (χ3n) is 2.62. The lowest BCUT2D eigenvalue weighted by Gasteiger charge is -2.07. The molecule has 2 aromatic rings. The van der Waals surface area contributed by atoms with Crippen LogP contribution in [-0.4, -0.2) is 24.6 Å². The molecular weight excluding hydrogens is 280 g/mol. The Balaban J connectivity index is 2.01. The molecule has 21 heavy (non-hydrogen) atoms. The van der Waals surface area contributed by atoms with Crippen molar-refractivity contribution in [1.82, 2.24) is 4.98 Å². The maximum absolute atomic E-state index is 12.0. The van der Waals surface area contributed by atoms with Crippen molar-refractivity contribution in [2.24, 2.45) is 0 Å². The molecule has 0 aliphatic heterocycles. The molecule has 0 bridgehead atoms. The maximum atomic E-state index is 12.0. The molecule has 0 saturated heterocycles. The van der Waals surface area contributed by atoms with Gasteiger partial charge in [-0.1, -0.05) is 0 Å². The Morgan fingerprint density at radius 1 is 1.14 bits per heavy atom. The second-order valence-electron chi connectivity index (χ2n) is 4.04. The molecule has 0 fully saturated rings. The van der Waals surface area contributed by atoms with Gasteiger partial charge in [0.2, 0.25) is 0 Å². The van der Waals surface area contributed by atoms with E-state index in [0.717, 1.165) is 5.69 Å². The van der Waals surface area contributed by atoms with Gasteiger partial charge in [0.1, 0.15) is 11.4 Å². The van der Waals surface area contributed by atoms with Gasteiger partial charge >= 0.3 is 6.61 Å². The number of nitrogens with zero attached hydrogens (tertiary/aromatic N) is 1. The summed E-state index contributed by atoms with van der Waals surface area (Å²) in [6.45, 7) is -2.87. The number of rotatable bonds is 5. The number of anilines is 2. The number of amides is 1. The molecule has 0 spiro atoms. The molecule has 7 heteroatoms. The monoisotopic (exact) mass is 293 g/mol. The zero-order valence-electron chi connectivity index (χ0n) is 11.1. The molecule has 1 heterocycles. The second-order valence-corrected chi connectivity index (χ2v) is 4.04. The van der Waals surface area contributed by atoms with E-state index in [-0.39, 0.29) is 17.4 Å². The summed E-state index contributed by atoms with van der Waals surface area (Å²) in [5.74, 6) is -0.361. The highest BCUT2D eigenvalue weighted by Crippen LogP contribution is 2.18. The lowest BCUT2D eigenvalue weighted by molar-refractivity contribution is -0.0498. The molecule has 2 rings (SSSR count). The fraction of sp³-hybridized carbons (Fsp3) is 0.143. The number of aromatic nitrogens is 1. The standard InChI is InChI=1S/C14H13F2N3O2/c1-17-10-4-7-12(18-8-10)13(20)19-9-2-5-11(6-3-9)21-14(15)16/h2-8,14,17H,1H3,(H,19,20). The number of hydrogen-bond donors (Lipinski definition) is 2. The van der Waals surface area contributed by atoms with E-state index in [1.807, 2.05) is 0 Å². The summed E-state index contributed by atoms with van der Waals surface area (Å²) in [5.41, 5.74) is 1.50. The second kappa shape index (κ2) is 6.65. The molecule has 1 aromatic carbocycles. The van der Waals surface area contributed by atoms with E-state index in [0.29, 0.717) is 5.69 Å². The van der Waals surface area contributed by atoms with Crippen LogP contribution >= 0.6 is 0 Å². The molecule has 1 aromatic heterocycles. The number of benzene rings is 1. The smallest absolute Gasteiger partial charge is 0.387 e. The zero-order valence-corrected chi connectivity index (χ0v) is 11.1. The van der Waals surface area contributed by atoms with Crippen molar-refractivity contribution in [3.05, 3.63) is 48.3 Å². The number of nitrogens with one attached hydrogen (secondary N) is 2. The number of alkyl halides is 2. The van der Waals surface area contributed by atoms with Gasteiger partial charge < -0.3 is 15.4 Å². The van der Waals surface area contributed by atoms with Crippen LogP contribution < -0.4 is 15.4 Å². The molecule has 1 amide bonds. The quantitative estimate of drug-likeness (QED) is 0.889. The number of carbonyl (C=O) groups is 1. The van der Waals surface area contributed by atoms with Gasteiger partial charge in [-0.25, -0.2) is 4.98 Å². The fourth-order valence-corrected chi connectivity index (χ4v) is 1.59. The largest absolute Gasteiger partial charge is 0.435 e. The van der Waals surface area contributed by atoms with Gasteiger partial charge in [0.25, 0.3) is 5.91 Å². The molecule has 0 aliphatic rings. The minimum Gasteiger partial charge on any atom is -0.435 e. The fourth-order valence-electron chi connectivity index (χ4n) is 1.59. The van der Waals surface area contributed by atoms with Crippen LogP contribution in [0.3, 0.4) is 0 Å². The first-order valence-electron chi connectivity index (χ1n) is 6.08. The Bertz CT molecular complexity index is 601. The predicted molar refractivity (Wildman–Crippen MR) is 74.8 cm³/mol. The molecule has 110 valence electrons. The molecule has 5 nitrogen and oxygen atoms in total. The molecule has 0 unspecified atom stereocenters. The van der Waals surface area contributed by atoms with E-state index < -0.39 is 6.61 Å². The van der Waals surface area contributed by atoms with Crippen LogP contribution in [0.4, 0.5) is 20.2 Å². The van der Waals surface area contributed by atoms with Crippen LogP contribution in [-0.2, 0) is 0 Å². The van der Waals surface area contributed by atoms with Crippen molar-refractivity contribution in [2.45, 2.75) is 6.61 Å². The van der Waals surface area contributed by atoms with Crippen molar-refractivity contribution >= 4 is 17.3 Å². The van der Waals surface area contributed by atoms with E-state index in [2.05, 4.69) is 20.4 Å². The van der Waals surface area contributed by atoms with Crippen LogP contribution in [0.5, 0.6) is 5.75 Å². The van der Waals surface area contributed by atoms with Gasteiger partial charge in [-0.2, -0.15) is 8.78 Å².